The van der Waals surface area contributed by atoms with Crippen LogP contribution >= 0.6 is 22.6 Å². The Labute approximate surface area is 141 Å². The maximum atomic E-state index is 10.8. The number of halogens is 1. The van der Waals surface area contributed by atoms with Crippen LogP contribution in [0, 0.1) is 3.57 Å². The predicted octanol–water partition coefficient (Wildman–Crippen LogP) is 5.04. The lowest BCUT2D eigenvalue weighted by atomic mass is 9.84. The van der Waals surface area contributed by atoms with Crippen LogP contribution in [0.3, 0.4) is 0 Å². The molecule has 2 aromatic rings. The third-order valence-corrected chi connectivity index (χ3v) is 4.55. The van der Waals surface area contributed by atoms with Gasteiger partial charge in [0.1, 0.15) is 0 Å². The highest BCUT2D eigenvalue weighted by atomic mass is 127. The second kappa shape index (κ2) is 6.09. The van der Waals surface area contributed by atoms with E-state index in [1.807, 2.05) is 31.2 Å². The Morgan fingerprint density at radius 1 is 0.810 bits per heavy atom. The predicted molar refractivity (Wildman–Crippen MR) is 97.6 cm³/mol. The van der Waals surface area contributed by atoms with Gasteiger partial charge in [0.15, 0.2) is 0 Å². The van der Waals surface area contributed by atoms with Crippen LogP contribution in [0.15, 0.2) is 48.5 Å². The first-order valence-electron chi connectivity index (χ1n) is 7.26. The first kappa shape index (κ1) is 16.5. The highest BCUT2D eigenvalue weighted by Crippen LogP contribution is 2.28. The molecule has 2 rings (SSSR count). The lowest BCUT2D eigenvalue weighted by Gasteiger charge is -2.25. The Morgan fingerprint density at radius 3 is 1.76 bits per heavy atom. The first-order valence-corrected chi connectivity index (χ1v) is 8.34. The van der Waals surface area contributed by atoms with Gasteiger partial charge in [0.2, 0.25) is 0 Å². The molecule has 0 aliphatic rings. The van der Waals surface area contributed by atoms with E-state index in [4.69, 9.17) is 0 Å². The van der Waals surface area contributed by atoms with Crippen LogP contribution in [-0.2, 0) is 17.4 Å². The van der Waals surface area contributed by atoms with E-state index in [0.717, 1.165) is 11.1 Å². The van der Waals surface area contributed by atoms with E-state index in [-0.39, 0.29) is 5.41 Å². The second-order valence-corrected chi connectivity index (χ2v) is 8.15. The summed E-state index contributed by atoms with van der Waals surface area (Å²) < 4.78 is 1.18. The van der Waals surface area contributed by atoms with Gasteiger partial charge in [-0.2, -0.15) is 0 Å². The minimum atomic E-state index is -0.840. The van der Waals surface area contributed by atoms with Crippen LogP contribution in [0.25, 0.3) is 0 Å². The standard InChI is InChI=1S/C19H23IO/c1-18(2,3)15-7-5-14(6-8-15)13-19(4,21)16-9-11-17(20)12-10-16/h5-12,21H,13H2,1-4H3. The Kier molecular flexibility index (Phi) is 4.79. The molecule has 1 atom stereocenters. The molecule has 0 fully saturated rings. The fourth-order valence-corrected chi connectivity index (χ4v) is 2.79. The molecule has 1 N–H and O–H groups in total. The van der Waals surface area contributed by atoms with Crippen LogP contribution in [-0.4, -0.2) is 5.11 Å². The minimum absolute atomic E-state index is 0.164. The molecular formula is C19H23IO. The fraction of sp³-hybridized carbons (Fsp3) is 0.368. The Bertz CT molecular complexity index is 589. The van der Waals surface area contributed by atoms with E-state index in [2.05, 4.69) is 67.6 Å². The van der Waals surface area contributed by atoms with Crippen molar-refractivity contribution in [2.24, 2.45) is 0 Å². The summed E-state index contributed by atoms with van der Waals surface area (Å²) in [7, 11) is 0. The molecule has 21 heavy (non-hydrogen) atoms. The normalized spacial score (nSPS) is 14.8. The maximum absolute atomic E-state index is 10.8. The summed E-state index contributed by atoms with van der Waals surface area (Å²) in [5.41, 5.74) is 2.76. The average molecular weight is 394 g/mol. The van der Waals surface area contributed by atoms with Gasteiger partial charge < -0.3 is 5.11 Å². The minimum Gasteiger partial charge on any atom is -0.385 e. The topological polar surface area (TPSA) is 20.2 Å². The summed E-state index contributed by atoms with van der Waals surface area (Å²) in [6.45, 7) is 8.52. The molecule has 0 aromatic heterocycles. The third kappa shape index (κ3) is 4.30. The molecular weight excluding hydrogens is 371 g/mol. The monoisotopic (exact) mass is 394 g/mol. The van der Waals surface area contributed by atoms with Crippen LogP contribution < -0.4 is 0 Å². The molecule has 2 heteroatoms. The Balaban J connectivity index is 2.18. The zero-order chi connectivity index (χ0) is 15.7. The van der Waals surface area contributed by atoms with Gasteiger partial charge in [0, 0.05) is 9.99 Å². The van der Waals surface area contributed by atoms with Gasteiger partial charge in [-0.15, -0.1) is 0 Å². The summed E-state index contributed by atoms with van der Waals surface area (Å²) in [5.74, 6) is 0. The van der Waals surface area contributed by atoms with E-state index in [9.17, 15) is 5.11 Å². The Morgan fingerprint density at radius 2 is 1.29 bits per heavy atom. The van der Waals surface area contributed by atoms with E-state index in [1.54, 1.807) is 0 Å². The molecule has 0 saturated heterocycles. The number of hydrogen-bond donors (Lipinski definition) is 1. The van der Waals surface area contributed by atoms with Crippen molar-refractivity contribution in [2.75, 3.05) is 0 Å². The van der Waals surface area contributed by atoms with Crippen molar-refractivity contribution in [1.29, 1.82) is 0 Å². The molecule has 1 nitrogen and oxygen atoms in total. The SMILES string of the molecule is CC(C)(C)c1ccc(CC(C)(O)c2ccc(I)cc2)cc1. The molecule has 1 unspecified atom stereocenters. The zero-order valence-electron chi connectivity index (χ0n) is 13.2. The molecule has 0 bridgehead atoms. The van der Waals surface area contributed by atoms with Gasteiger partial charge in [-0.3, -0.25) is 0 Å². The van der Waals surface area contributed by atoms with E-state index in [0.29, 0.717) is 6.42 Å². The summed E-state index contributed by atoms with van der Waals surface area (Å²) in [6, 6.07) is 16.7. The largest absolute Gasteiger partial charge is 0.385 e. The van der Waals surface area contributed by atoms with Crippen LogP contribution in [0.4, 0.5) is 0 Å². The molecule has 0 aliphatic carbocycles. The number of rotatable bonds is 3. The average Bonchev–Trinajstić information content (AvgIpc) is 2.38. The highest BCUT2D eigenvalue weighted by molar-refractivity contribution is 14.1. The van der Waals surface area contributed by atoms with Gasteiger partial charge in [0.05, 0.1) is 5.60 Å². The lowest BCUT2D eigenvalue weighted by molar-refractivity contribution is 0.0576. The molecule has 112 valence electrons. The van der Waals surface area contributed by atoms with Crippen molar-refractivity contribution in [3.8, 4) is 0 Å². The van der Waals surface area contributed by atoms with Gasteiger partial charge in [-0.25, -0.2) is 0 Å². The van der Waals surface area contributed by atoms with Crippen LogP contribution in [0.2, 0.25) is 0 Å². The summed E-state index contributed by atoms with van der Waals surface area (Å²) >= 11 is 2.28. The molecule has 2 aromatic carbocycles. The lowest BCUT2D eigenvalue weighted by Crippen LogP contribution is -2.24. The summed E-state index contributed by atoms with van der Waals surface area (Å²) in [6.07, 6.45) is 0.623. The molecule has 0 aliphatic heterocycles. The number of aliphatic hydroxyl groups is 1. The van der Waals surface area contributed by atoms with Crippen LogP contribution in [0.5, 0.6) is 0 Å². The van der Waals surface area contributed by atoms with Crippen molar-refractivity contribution in [2.45, 2.75) is 45.1 Å². The molecule has 0 spiro atoms. The van der Waals surface area contributed by atoms with Crippen molar-refractivity contribution in [1.82, 2.24) is 0 Å². The van der Waals surface area contributed by atoms with Gasteiger partial charge in [-0.1, -0.05) is 57.2 Å². The van der Waals surface area contributed by atoms with Gasteiger partial charge in [0.25, 0.3) is 0 Å². The van der Waals surface area contributed by atoms with Gasteiger partial charge in [-0.05, 0) is 63.8 Å². The molecule has 0 amide bonds. The molecule has 0 saturated carbocycles. The van der Waals surface area contributed by atoms with E-state index >= 15 is 0 Å². The van der Waals surface area contributed by atoms with E-state index in [1.165, 1.54) is 9.13 Å². The fourth-order valence-electron chi connectivity index (χ4n) is 2.43. The van der Waals surface area contributed by atoms with Crippen molar-refractivity contribution < 1.29 is 5.11 Å². The summed E-state index contributed by atoms with van der Waals surface area (Å²) in [5, 5.41) is 10.8. The zero-order valence-corrected chi connectivity index (χ0v) is 15.3. The summed E-state index contributed by atoms with van der Waals surface area (Å²) in [4.78, 5) is 0. The quantitative estimate of drug-likeness (QED) is 0.724. The number of benzene rings is 2. The second-order valence-electron chi connectivity index (χ2n) is 6.90. The van der Waals surface area contributed by atoms with Gasteiger partial charge >= 0.3 is 0 Å². The third-order valence-electron chi connectivity index (χ3n) is 3.83. The molecule has 0 radical (unpaired) electrons. The van der Waals surface area contributed by atoms with E-state index < -0.39 is 5.60 Å². The molecule has 0 heterocycles. The first-order chi connectivity index (χ1) is 9.68. The van der Waals surface area contributed by atoms with Crippen LogP contribution in [0.1, 0.15) is 44.4 Å². The number of hydrogen-bond acceptors (Lipinski definition) is 1. The highest BCUT2D eigenvalue weighted by Gasteiger charge is 2.23. The Hall–Kier alpha value is -0.870. The van der Waals surface area contributed by atoms with Crippen molar-refractivity contribution in [3.05, 3.63) is 68.8 Å². The van der Waals surface area contributed by atoms with Crippen molar-refractivity contribution in [3.63, 3.8) is 0 Å². The smallest absolute Gasteiger partial charge is 0.0908 e. The maximum Gasteiger partial charge on any atom is 0.0908 e. The van der Waals surface area contributed by atoms with Crippen molar-refractivity contribution >= 4 is 22.6 Å².